The molecule has 1 saturated carbocycles. The number of hydrogen-bond acceptors (Lipinski definition) is 3. The minimum atomic E-state index is -4.54. The van der Waals surface area contributed by atoms with Crippen molar-refractivity contribution in [2.24, 2.45) is 11.7 Å². The van der Waals surface area contributed by atoms with Crippen LogP contribution in [0.1, 0.15) is 35.3 Å². The Hall–Kier alpha value is -2.12. The lowest BCUT2D eigenvalue weighted by atomic mass is 10.0. The van der Waals surface area contributed by atoms with E-state index in [9.17, 15) is 22.8 Å². The van der Waals surface area contributed by atoms with Gasteiger partial charge in [0.05, 0.1) is 11.5 Å². The number of carbonyl (C=O) groups is 2. The number of nitrogens with one attached hydrogen (secondary N) is 1. The topological polar surface area (TPSA) is 85.1 Å². The predicted molar refractivity (Wildman–Crippen MR) is 67.0 cm³/mol. The first-order valence-electron chi connectivity index (χ1n) is 6.42. The standard InChI is InChI=1S/C13H14F3N3O2/c14-13(15,16)10-5-4-7(6-18-10)12(21)19-9-3-1-2-8(9)11(17)20/h4-6,8-9H,1-3H2,(H2,17,20)(H,19,21)/t8-,9-/m0/s1. The average molecular weight is 301 g/mol. The molecule has 0 aromatic carbocycles. The fourth-order valence-corrected chi connectivity index (χ4v) is 2.42. The number of halogens is 3. The number of carbonyl (C=O) groups excluding carboxylic acids is 2. The van der Waals surface area contributed by atoms with Crippen molar-refractivity contribution in [3.05, 3.63) is 29.6 Å². The maximum atomic E-state index is 12.4. The average Bonchev–Trinajstić information content (AvgIpc) is 2.86. The number of aromatic nitrogens is 1. The molecule has 0 unspecified atom stereocenters. The first-order chi connectivity index (χ1) is 9.79. The minimum Gasteiger partial charge on any atom is -0.369 e. The molecule has 0 saturated heterocycles. The van der Waals surface area contributed by atoms with Crippen molar-refractivity contribution < 1.29 is 22.8 Å². The van der Waals surface area contributed by atoms with E-state index >= 15 is 0 Å². The molecule has 3 N–H and O–H groups in total. The quantitative estimate of drug-likeness (QED) is 0.887. The van der Waals surface area contributed by atoms with Gasteiger partial charge in [-0.05, 0) is 25.0 Å². The van der Waals surface area contributed by atoms with Crippen molar-refractivity contribution in [1.82, 2.24) is 10.3 Å². The Kier molecular flexibility index (Phi) is 4.15. The molecule has 2 rings (SSSR count). The van der Waals surface area contributed by atoms with Crippen LogP contribution in [0, 0.1) is 5.92 Å². The van der Waals surface area contributed by atoms with E-state index in [0.29, 0.717) is 12.8 Å². The lowest BCUT2D eigenvalue weighted by molar-refractivity contribution is -0.141. The third kappa shape index (κ3) is 3.50. The Labute approximate surface area is 118 Å². The summed E-state index contributed by atoms with van der Waals surface area (Å²) in [6.07, 6.45) is -1.69. The highest BCUT2D eigenvalue weighted by Gasteiger charge is 2.34. The van der Waals surface area contributed by atoms with Gasteiger partial charge in [-0.25, -0.2) is 0 Å². The van der Waals surface area contributed by atoms with E-state index in [2.05, 4.69) is 10.3 Å². The molecule has 114 valence electrons. The first-order valence-corrected chi connectivity index (χ1v) is 6.42. The third-order valence-electron chi connectivity index (χ3n) is 3.51. The number of nitrogens with two attached hydrogens (primary N) is 1. The number of pyridine rings is 1. The molecule has 1 fully saturated rings. The summed E-state index contributed by atoms with van der Waals surface area (Å²) in [5.41, 5.74) is 4.19. The Morgan fingerprint density at radius 1 is 1.29 bits per heavy atom. The molecular formula is C13H14F3N3O2. The number of amides is 2. The summed E-state index contributed by atoms with van der Waals surface area (Å²) in [5, 5.41) is 2.62. The number of alkyl halides is 3. The first kappa shape index (κ1) is 15.3. The van der Waals surface area contributed by atoms with Crippen LogP contribution in [0.2, 0.25) is 0 Å². The normalized spacial score (nSPS) is 22.0. The summed E-state index contributed by atoms with van der Waals surface area (Å²) in [6.45, 7) is 0. The summed E-state index contributed by atoms with van der Waals surface area (Å²) < 4.78 is 37.1. The van der Waals surface area contributed by atoms with E-state index in [1.807, 2.05) is 0 Å². The maximum absolute atomic E-state index is 12.4. The Balaban J connectivity index is 2.05. The molecule has 1 aliphatic rings. The van der Waals surface area contributed by atoms with Crippen molar-refractivity contribution >= 4 is 11.8 Å². The molecule has 0 aliphatic heterocycles. The van der Waals surface area contributed by atoms with Gasteiger partial charge in [0, 0.05) is 12.2 Å². The lowest BCUT2D eigenvalue weighted by Gasteiger charge is -2.18. The van der Waals surface area contributed by atoms with Gasteiger partial charge in [0.2, 0.25) is 5.91 Å². The molecule has 0 bridgehead atoms. The zero-order valence-electron chi connectivity index (χ0n) is 11.0. The van der Waals surface area contributed by atoms with Crippen LogP contribution in [0.4, 0.5) is 13.2 Å². The molecule has 8 heteroatoms. The van der Waals surface area contributed by atoms with Crippen LogP contribution in [0.5, 0.6) is 0 Å². The largest absolute Gasteiger partial charge is 0.433 e. The van der Waals surface area contributed by atoms with Gasteiger partial charge in [-0.1, -0.05) is 6.42 Å². The summed E-state index contributed by atoms with van der Waals surface area (Å²) in [6, 6.07) is 1.42. The van der Waals surface area contributed by atoms with Crippen LogP contribution < -0.4 is 11.1 Å². The van der Waals surface area contributed by atoms with Gasteiger partial charge in [-0.3, -0.25) is 14.6 Å². The SMILES string of the molecule is NC(=O)[C@H]1CCC[C@@H]1NC(=O)c1ccc(C(F)(F)F)nc1. The zero-order valence-corrected chi connectivity index (χ0v) is 11.0. The molecular weight excluding hydrogens is 287 g/mol. The molecule has 0 radical (unpaired) electrons. The number of rotatable bonds is 3. The molecule has 21 heavy (non-hydrogen) atoms. The van der Waals surface area contributed by atoms with Crippen molar-refractivity contribution in [2.45, 2.75) is 31.5 Å². The molecule has 5 nitrogen and oxygen atoms in total. The smallest absolute Gasteiger partial charge is 0.369 e. The van der Waals surface area contributed by atoms with Crippen molar-refractivity contribution in [3.63, 3.8) is 0 Å². The highest BCUT2D eigenvalue weighted by atomic mass is 19.4. The van der Waals surface area contributed by atoms with Gasteiger partial charge in [0.25, 0.3) is 5.91 Å². The van der Waals surface area contributed by atoms with Gasteiger partial charge in [-0.15, -0.1) is 0 Å². The van der Waals surface area contributed by atoms with Crippen molar-refractivity contribution in [2.75, 3.05) is 0 Å². The van der Waals surface area contributed by atoms with E-state index in [4.69, 9.17) is 5.73 Å². The summed E-state index contributed by atoms with van der Waals surface area (Å²) in [7, 11) is 0. The number of primary amides is 1. The lowest BCUT2D eigenvalue weighted by Crippen LogP contribution is -2.42. The molecule has 2 amide bonds. The molecule has 0 spiro atoms. The van der Waals surface area contributed by atoms with Crippen LogP contribution in [0.3, 0.4) is 0 Å². The second kappa shape index (κ2) is 5.71. The summed E-state index contributed by atoms with van der Waals surface area (Å²) in [5.74, 6) is -1.48. The van der Waals surface area contributed by atoms with E-state index in [1.165, 1.54) is 0 Å². The van der Waals surface area contributed by atoms with E-state index in [0.717, 1.165) is 24.8 Å². The molecule has 1 heterocycles. The van der Waals surface area contributed by atoms with Crippen LogP contribution >= 0.6 is 0 Å². The van der Waals surface area contributed by atoms with E-state index in [1.54, 1.807) is 0 Å². The zero-order chi connectivity index (χ0) is 15.6. The molecule has 1 aromatic heterocycles. The van der Waals surface area contributed by atoms with E-state index in [-0.39, 0.29) is 11.6 Å². The fourth-order valence-electron chi connectivity index (χ4n) is 2.42. The molecule has 1 aromatic rings. The second-order valence-corrected chi connectivity index (χ2v) is 4.95. The van der Waals surface area contributed by atoms with Crippen molar-refractivity contribution in [3.8, 4) is 0 Å². The molecule has 1 aliphatic carbocycles. The van der Waals surface area contributed by atoms with Crippen LogP contribution in [0.25, 0.3) is 0 Å². The highest BCUT2D eigenvalue weighted by molar-refractivity contribution is 5.94. The van der Waals surface area contributed by atoms with Gasteiger partial charge in [-0.2, -0.15) is 13.2 Å². The minimum absolute atomic E-state index is 0.0121. The molecule has 2 atom stereocenters. The Morgan fingerprint density at radius 3 is 2.52 bits per heavy atom. The third-order valence-corrected chi connectivity index (χ3v) is 3.51. The second-order valence-electron chi connectivity index (χ2n) is 4.95. The van der Waals surface area contributed by atoms with Crippen LogP contribution in [-0.4, -0.2) is 22.8 Å². The summed E-state index contributed by atoms with van der Waals surface area (Å²) in [4.78, 5) is 26.4. The van der Waals surface area contributed by atoms with E-state index < -0.39 is 29.6 Å². The van der Waals surface area contributed by atoms with Gasteiger partial charge in [0.1, 0.15) is 5.69 Å². The van der Waals surface area contributed by atoms with Gasteiger partial charge in [0.15, 0.2) is 0 Å². The van der Waals surface area contributed by atoms with Crippen LogP contribution in [0.15, 0.2) is 18.3 Å². The van der Waals surface area contributed by atoms with Crippen LogP contribution in [-0.2, 0) is 11.0 Å². The van der Waals surface area contributed by atoms with Gasteiger partial charge >= 0.3 is 6.18 Å². The maximum Gasteiger partial charge on any atom is 0.433 e. The van der Waals surface area contributed by atoms with Crippen molar-refractivity contribution in [1.29, 1.82) is 0 Å². The monoisotopic (exact) mass is 301 g/mol. The Bertz CT molecular complexity index is 543. The van der Waals surface area contributed by atoms with Gasteiger partial charge < -0.3 is 11.1 Å². The summed E-state index contributed by atoms with van der Waals surface area (Å²) >= 11 is 0. The predicted octanol–water partition coefficient (Wildman–Crippen LogP) is 1.48. The highest BCUT2D eigenvalue weighted by Crippen LogP contribution is 2.28. The number of hydrogen-bond donors (Lipinski definition) is 2. The fraction of sp³-hybridized carbons (Fsp3) is 0.462. The Morgan fingerprint density at radius 2 is 2.00 bits per heavy atom. The number of nitrogens with zero attached hydrogens (tertiary/aromatic N) is 1.